The van der Waals surface area contributed by atoms with Crippen LogP contribution in [0.1, 0.15) is 11.1 Å². The minimum atomic E-state index is -0.423. The Bertz CT molecular complexity index is 334. The summed E-state index contributed by atoms with van der Waals surface area (Å²) in [7, 11) is 0. The topological polar surface area (TPSA) is 56.0 Å². The molecule has 0 unspecified atom stereocenters. The summed E-state index contributed by atoms with van der Waals surface area (Å²) in [6.45, 7) is 5.12. The number of nitrogens with zero attached hydrogens (tertiary/aromatic N) is 2. The Morgan fingerprint density at radius 2 is 2.33 bits per heavy atom. The van der Waals surface area contributed by atoms with E-state index in [1.807, 2.05) is 0 Å². The molecule has 1 aromatic rings. The van der Waals surface area contributed by atoms with Crippen LogP contribution in [0.2, 0.25) is 0 Å². The molecule has 0 atom stereocenters. The second-order valence-corrected chi connectivity index (χ2v) is 2.36. The van der Waals surface area contributed by atoms with Gasteiger partial charge < -0.3 is 0 Å². The zero-order valence-corrected chi connectivity index (χ0v) is 6.65. The maximum Gasteiger partial charge on any atom is 0.282 e. The molecule has 0 saturated carbocycles. The summed E-state index contributed by atoms with van der Waals surface area (Å²) >= 11 is 0. The van der Waals surface area contributed by atoms with Gasteiger partial charge in [0, 0.05) is 18.0 Å². The number of hydrogen-bond donors (Lipinski definition) is 0. The molecule has 0 aliphatic heterocycles. The summed E-state index contributed by atoms with van der Waals surface area (Å²) in [6, 6.07) is 0. The fraction of sp³-hybridized carbons (Fsp3) is 0.125. The molecule has 62 valence electrons. The van der Waals surface area contributed by atoms with E-state index in [9.17, 15) is 10.1 Å². The zero-order valence-electron chi connectivity index (χ0n) is 6.65. The van der Waals surface area contributed by atoms with Gasteiger partial charge >= 0.3 is 0 Å². The van der Waals surface area contributed by atoms with Crippen molar-refractivity contribution < 1.29 is 4.92 Å². The number of rotatable bonds is 2. The Kier molecular flexibility index (Phi) is 2.19. The second kappa shape index (κ2) is 3.13. The van der Waals surface area contributed by atoms with E-state index in [0.717, 1.165) is 0 Å². The molecule has 12 heavy (non-hydrogen) atoms. The van der Waals surface area contributed by atoms with E-state index < -0.39 is 4.92 Å². The number of aryl methyl sites for hydroxylation is 1. The van der Waals surface area contributed by atoms with Gasteiger partial charge in [0.05, 0.1) is 10.5 Å². The summed E-state index contributed by atoms with van der Waals surface area (Å²) in [5.41, 5.74) is 1.09. The molecule has 0 aromatic carbocycles. The quantitative estimate of drug-likeness (QED) is 0.495. The normalized spacial score (nSPS) is 9.42. The fourth-order valence-corrected chi connectivity index (χ4v) is 0.978. The van der Waals surface area contributed by atoms with Gasteiger partial charge in [0.15, 0.2) is 0 Å². The highest BCUT2D eigenvalue weighted by Gasteiger charge is 2.14. The van der Waals surface area contributed by atoms with E-state index in [-0.39, 0.29) is 5.69 Å². The maximum absolute atomic E-state index is 10.5. The van der Waals surface area contributed by atoms with Crippen LogP contribution in [0.5, 0.6) is 0 Å². The molecule has 0 bridgehead atoms. The van der Waals surface area contributed by atoms with Gasteiger partial charge in [-0.15, -0.1) is 0 Å². The van der Waals surface area contributed by atoms with Crippen molar-refractivity contribution in [3.05, 3.63) is 40.2 Å². The predicted molar refractivity (Wildman–Crippen MR) is 45.7 cm³/mol. The highest BCUT2D eigenvalue weighted by molar-refractivity contribution is 5.60. The van der Waals surface area contributed by atoms with Crippen LogP contribution in [0.4, 0.5) is 5.69 Å². The Labute approximate surface area is 69.7 Å². The van der Waals surface area contributed by atoms with Crippen LogP contribution in [-0.4, -0.2) is 9.91 Å². The molecule has 0 spiro atoms. The second-order valence-electron chi connectivity index (χ2n) is 2.36. The molecule has 0 fully saturated rings. The van der Waals surface area contributed by atoms with Gasteiger partial charge in [0.1, 0.15) is 0 Å². The summed E-state index contributed by atoms with van der Waals surface area (Å²) in [6.07, 6.45) is 4.32. The molecule has 0 aliphatic carbocycles. The highest BCUT2D eigenvalue weighted by atomic mass is 16.6. The molecule has 0 radical (unpaired) electrons. The molecule has 1 heterocycles. The molecule has 0 saturated heterocycles. The Morgan fingerprint density at radius 1 is 1.67 bits per heavy atom. The van der Waals surface area contributed by atoms with Crippen LogP contribution in [0.3, 0.4) is 0 Å². The summed E-state index contributed by atoms with van der Waals surface area (Å²) in [4.78, 5) is 13.9. The first-order valence-electron chi connectivity index (χ1n) is 3.38. The summed E-state index contributed by atoms with van der Waals surface area (Å²) in [5.74, 6) is 0. The number of pyridine rings is 1. The maximum atomic E-state index is 10.5. The van der Waals surface area contributed by atoms with E-state index in [0.29, 0.717) is 11.1 Å². The van der Waals surface area contributed by atoms with Gasteiger partial charge in [-0.2, -0.15) is 0 Å². The summed E-state index contributed by atoms with van der Waals surface area (Å²) in [5, 5.41) is 10.5. The highest BCUT2D eigenvalue weighted by Crippen LogP contribution is 2.21. The molecule has 4 nitrogen and oxygen atoms in total. The van der Waals surface area contributed by atoms with Gasteiger partial charge in [-0.1, -0.05) is 12.7 Å². The monoisotopic (exact) mass is 164 g/mol. The largest absolute Gasteiger partial charge is 0.282 e. The molecule has 1 aromatic heterocycles. The van der Waals surface area contributed by atoms with Crippen LogP contribution in [0.25, 0.3) is 6.08 Å². The van der Waals surface area contributed by atoms with Crippen molar-refractivity contribution in [2.24, 2.45) is 0 Å². The predicted octanol–water partition coefficient (Wildman–Crippen LogP) is 1.94. The molecular formula is C8H8N2O2. The van der Waals surface area contributed by atoms with Crippen LogP contribution in [-0.2, 0) is 0 Å². The molecule has 0 amide bonds. The van der Waals surface area contributed by atoms with Crippen molar-refractivity contribution in [3.8, 4) is 0 Å². The molecule has 4 heteroatoms. The van der Waals surface area contributed by atoms with Gasteiger partial charge in [0.2, 0.25) is 0 Å². The fourth-order valence-electron chi connectivity index (χ4n) is 0.978. The van der Waals surface area contributed by atoms with Crippen LogP contribution >= 0.6 is 0 Å². The van der Waals surface area contributed by atoms with E-state index in [1.165, 1.54) is 18.5 Å². The minimum Gasteiger partial charge on any atom is -0.263 e. The SMILES string of the molecule is C=Cc1cncc(C)c1[N+](=O)[O-]. The third-order valence-corrected chi connectivity index (χ3v) is 1.53. The van der Waals surface area contributed by atoms with Crippen LogP contribution in [0, 0.1) is 17.0 Å². The van der Waals surface area contributed by atoms with E-state index >= 15 is 0 Å². The van der Waals surface area contributed by atoms with Gasteiger partial charge in [-0.3, -0.25) is 15.1 Å². The smallest absolute Gasteiger partial charge is 0.263 e. The first-order chi connectivity index (χ1) is 5.66. The van der Waals surface area contributed by atoms with Gasteiger partial charge in [-0.05, 0) is 6.92 Å². The van der Waals surface area contributed by atoms with Crippen molar-refractivity contribution in [1.29, 1.82) is 0 Å². The Morgan fingerprint density at radius 3 is 2.75 bits per heavy atom. The average Bonchev–Trinajstić information content (AvgIpc) is 2.03. The van der Waals surface area contributed by atoms with Crippen molar-refractivity contribution >= 4 is 11.8 Å². The van der Waals surface area contributed by atoms with E-state index in [4.69, 9.17) is 0 Å². The lowest BCUT2D eigenvalue weighted by atomic mass is 10.1. The van der Waals surface area contributed by atoms with E-state index in [1.54, 1.807) is 6.92 Å². The lowest BCUT2D eigenvalue weighted by Gasteiger charge is -1.98. The van der Waals surface area contributed by atoms with Crippen molar-refractivity contribution in [2.45, 2.75) is 6.92 Å². The number of hydrogen-bond acceptors (Lipinski definition) is 3. The number of aromatic nitrogens is 1. The van der Waals surface area contributed by atoms with Crippen LogP contribution in [0.15, 0.2) is 19.0 Å². The zero-order chi connectivity index (χ0) is 9.14. The average molecular weight is 164 g/mol. The van der Waals surface area contributed by atoms with Crippen molar-refractivity contribution in [2.75, 3.05) is 0 Å². The summed E-state index contributed by atoms with van der Waals surface area (Å²) < 4.78 is 0. The Balaban J connectivity index is 3.39. The molecule has 0 aliphatic rings. The third-order valence-electron chi connectivity index (χ3n) is 1.53. The third kappa shape index (κ3) is 1.32. The first kappa shape index (κ1) is 8.39. The first-order valence-corrected chi connectivity index (χ1v) is 3.38. The lowest BCUT2D eigenvalue weighted by molar-refractivity contribution is -0.385. The molecular weight excluding hydrogens is 156 g/mol. The van der Waals surface area contributed by atoms with Crippen molar-refractivity contribution in [1.82, 2.24) is 4.98 Å². The molecule has 1 rings (SSSR count). The number of nitro groups is 1. The standard InChI is InChI=1S/C8H8N2O2/c1-3-7-5-9-4-6(2)8(7)10(11)12/h3-5H,1H2,2H3. The van der Waals surface area contributed by atoms with E-state index in [2.05, 4.69) is 11.6 Å². The van der Waals surface area contributed by atoms with Crippen LogP contribution < -0.4 is 0 Å². The Hall–Kier alpha value is -1.71. The van der Waals surface area contributed by atoms with Gasteiger partial charge in [-0.25, -0.2) is 0 Å². The lowest BCUT2D eigenvalue weighted by Crippen LogP contribution is -1.95. The van der Waals surface area contributed by atoms with Gasteiger partial charge in [0.25, 0.3) is 5.69 Å². The minimum absolute atomic E-state index is 0.0833. The molecule has 0 N–H and O–H groups in total. The van der Waals surface area contributed by atoms with Crippen molar-refractivity contribution in [3.63, 3.8) is 0 Å².